The molecule has 2 aliphatic rings. The molecule has 1 aliphatic heterocycles. The molecular formula is C10H19NO. The van der Waals surface area contributed by atoms with Gasteiger partial charge in [0.05, 0.1) is 6.10 Å². The van der Waals surface area contributed by atoms with Gasteiger partial charge in [-0.05, 0) is 32.7 Å². The van der Waals surface area contributed by atoms with Gasteiger partial charge in [0.2, 0.25) is 0 Å². The van der Waals surface area contributed by atoms with Gasteiger partial charge in [0.1, 0.15) is 0 Å². The fourth-order valence-electron chi connectivity index (χ4n) is 2.09. The fraction of sp³-hybridized carbons (Fsp3) is 1.00. The van der Waals surface area contributed by atoms with Crippen LogP contribution in [0.4, 0.5) is 0 Å². The molecule has 0 bridgehead atoms. The molecule has 1 heterocycles. The van der Waals surface area contributed by atoms with Crippen molar-refractivity contribution in [2.24, 2.45) is 0 Å². The minimum atomic E-state index is 0.538. The van der Waals surface area contributed by atoms with Crippen LogP contribution in [0, 0.1) is 0 Å². The van der Waals surface area contributed by atoms with Crippen molar-refractivity contribution in [1.82, 2.24) is 4.90 Å². The first kappa shape index (κ1) is 8.52. The second kappa shape index (κ2) is 3.75. The van der Waals surface area contributed by atoms with Gasteiger partial charge in [-0.2, -0.15) is 0 Å². The van der Waals surface area contributed by atoms with E-state index in [4.69, 9.17) is 4.74 Å². The average Bonchev–Trinajstić information content (AvgIpc) is 2.34. The summed E-state index contributed by atoms with van der Waals surface area (Å²) < 4.78 is 5.60. The summed E-state index contributed by atoms with van der Waals surface area (Å²) in [6, 6.07) is 0.870. The predicted molar refractivity (Wildman–Crippen MR) is 49.2 cm³/mol. The van der Waals surface area contributed by atoms with Crippen LogP contribution in [0.2, 0.25) is 0 Å². The monoisotopic (exact) mass is 169 g/mol. The van der Waals surface area contributed by atoms with E-state index in [-0.39, 0.29) is 0 Å². The Morgan fingerprint density at radius 3 is 2.58 bits per heavy atom. The van der Waals surface area contributed by atoms with E-state index in [1.165, 1.54) is 32.1 Å². The standard InChI is InChI=1S/C10H19NO/c1-11(9-4-2-5-9)8-10-6-3-7-12-10/h9-10H,2-8H2,1H3. The minimum absolute atomic E-state index is 0.538. The molecule has 1 unspecified atom stereocenters. The first-order valence-corrected chi connectivity index (χ1v) is 5.18. The second-order valence-corrected chi connectivity index (χ2v) is 4.16. The molecule has 2 heteroatoms. The lowest BCUT2D eigenvalue weighted by Crippen LogP contribution is -2.41. The summed E-state index contributed by atoms with van der Waals surface area (Å²) in [6.07, 6.45) is 7.32. The SMILES string of the molecule is CN(CC1CCCO1)C1CCC1. The zero-order valence-corrected chi connectivity index (χ0v) is 7.96. The van der Waals surface area contributed by atoms with Crippen LogP contribution in [-0.2, 0) is 4.74 Å². The Balaban J connectivity index is 1.69. The Bertz CT molecular complexity index is 139. The lowest BCUT2D eigenvalue weighted by Gasteiger charge is -2.35. The summed E-state index contributed by atoms with van der Waals surface area (Å²) in [5.74, 6) is 0. The van der Waals surface area contributed by atoms with E-state index in [1.807, 2.05) is 0 Å². The predicted octanol–water partition coefficient (Wildman–Crippen LogP) is 1.65. The summed E-state index contributed by atoms with van der Waals surface area (Å²) in [6.45, 7) is 2.15. The Morgan fingerprint density at radius 2 is 2.08 bits per heavy atom. The fourth-order valence-corrected chi connectivity index (χ4v) is 2.09. The first-order chi connectivity index (χ1) is 5.86. The highest BCUT2D eigenvalue weighted by atomic mass is 16.5. The van der Waals surface area contributed by atoms with Crippen molar-refractivity contribution in [3.63, 3.8) is 0 Å². The van der Waals surface area contributed by atoms with E-state index >= 15 is 0 Å². The van der Waals surface area contributed by atoms with Crippen molar-refractivity contribution in [1.29, 1.82) is 0 Å². The molecule has 0 N–H and O–H groups in total. The van der Waals surface area contributed by atoms with Gasteiger partial charge in [-0.3, -0.25) is 0 Å². The van der Waals surface area contributed by atoms with Crippen LogP contribution in [0.25, 0.3) is 0 Å². The molecule has 0 aromatic carbocycles. The van der Waals surface area contributed by atoms with Crippen molar-refractivity contribution < 1.29 is 4.74 Å². The maximum absolute atomic E-state index is 5.60. The van der Waals surface area contributed by atoms with E-state index in [9.17, 15) is 0 Å². The smallest absolute Gasteiger partial charge is 0.0702 e. The number of hydrogen-bond acceptors (Lipinski definition) is 2. The molecule has 0 aromatic rings. The summed E-state index contributed by atoms with van der Waals surface area (Å²) in [4.78, 5) is 2.49. The Hall–Kier alpha value is -0.0800. The summed E-state index contributed by atoms with van der Waals surface area (Å²) in [7, 11) is 2.24. The Labute approximate surface area is 74.9 Å². The number of rotatable bonds is 3. The molecule has 1 atom stereocenters. The van der Waals surface area contributed by atoms with Gasteiger partial charge in [0.15, 0.2) is 0 Å². The Morgan fingerprint density at radius 1 is 1.25 bits per heavy atom. The molecular weight excluding hydrogens is 150 g/mol. The van der Waals surface area contributed by atoms with Crippen LogP contribution in [0.1, 0.15) is 32.1 Å². The summed E-state index contributed by atoms with van der Waals surface area (Å²) in [5.41, 5.74) is 0. The largest absolute Gasteiger partial charge is 0.377 e. The van der Waals surface area contributed by atoms with Gasteiger partial charge in [0.25, 0.3) is 0 Å². The molecule has 1 saturated carbocycles. The summed E-state index contributed by atoms with van der Waals surface area (Å²) in [5, 5.41) is 0. The van der Waals surface area contributed by atoms with E-state index in [0.29, 0.717) is 6.10 Å². The van der Waals surface area contributed by atoms with E-state index in [2.05, 4.69) is 11.9 Å². The quantitative estimate of drug-likeness (QED) is 0.637. The zero-order valence-electron chi connectivity index (χ0n) is 7.96. The van der Waals surface area contributed by atoms with Crippen molar-refractivity contribution in [2.45, 2.75) is 44.2 Å². The van der Waals surface area contributed by atoms with Crippen LogP contribution in [-0.4, -0.2) is 37.2 Å². The van der Waals surface area contributed by atoms with E-state index < -0.39 is 0 Å². The molecule has 1 saturated heterocycles. The lowest BCUT2D eigenvalue weighted by atomic mass is 9.91. The van der Waals surface area contributed by atoms with Gasteiger partial charge < -0.3 is 9.64 Å². The van der Waals surface area contributed by atoms with Crippen molar-refractivity contribution in [3.8, 4) is 0 Å². The van der Waals surface area contributed by atoms with Crippen LogP contribution in [0.5, 0.6) is 0 Å². The second-order valence-electron chi connectivity index (χ2n) is 4.16. The number of hydrogen-bond donors (Lipinski definition) is 0. The molecule has 0 amide bonds. The van der Waals surface area contributed by atoms with E-state index in [0.717, 1.165) is 19.2 Å². The Kier molecular flexibility index (Phi) is 2.66. The van der Waals surface area contributed by atoms with Gasteiger partial charge in [0, 0.05) is 19.2 Å². The van der Waals surface area contributed by atoms with Crippen LogP contribution in [0.3, 0.4) is 0 Å². The third-order valence-electron chi connectivity index (χ3n) is 3.21. The van der Waals surface area contributed by atoms with Gasteiger partial charge in [-0.25, -0.2) is 0 Å². The van der Waals surface area contributed by atoms with Crippen LogP contribution in [0.15, 0.2) is 0 Å². The van der Waals surface area contributed by atoms with Crippen molar-refractivity contribution >= 4 is 0 Å². The molecule has 2 nitrogen and oxygen atoms in total. The zero-order chi connectivity index (χ0) is 8.39. The molecule has 0 aromatic heterocycles. The topological polar surface area (TPSA) is 12.5 Å². The molecule has 2 fully saturated rings. The molecule has 12 heavy (non-hydrogen) atoms. The average molecular weight is 169 g/mol. The number of nitrogens with zero attached hydrogens (tertiary/aromatic N) is 1. The highest BCUT2D eigenvalue weighted by Crippen LogP contribution is 2.24. The van der Waals surface area contributed by atoms with Crippen LogP contribution < -0.4 is 0 Å². The molecule has 70 valence electrons. The number of ether oxygens (including phenoxy) is 1. The maximum Gasteiger partial charge on any atom is 0.0702 e. The molecule has 1 aliphatic carbocycles. The first-order valence-electron chi connectivity index (χ1n) is 5.18. The highest BCUT2D eigenvalue weighted by molar-refractivity contribution is 4.80. The third-order valence-corrected chi connectivity index (χ3v) is 3.21. The molecule has 2 rings (SSSR count). The van der Waals surface area contributed by atoms with Crippen LogP contribution >= 0.6 is 0 Å². The molecule has 0 spiro atoms. The van der Waals surface area contributed by atoms with Crippen molar-refractivity contribution in [2.75, 3.05) is 20.2 Å². The van der Waals surface area contributed by atoms with Crippen molar-refractivity contribution in [3.05, 3.63) is 0 Å². The van der Waals surface area contributed by atoms with Gasteiger partial charge in [-0.1, -0.05) is 6.42 Å². The lowest BCUT2D eigenvalue weighted by molar-refractivity contribution is 0.0523. The maximum atomic E-state index is 5.60. The normalized spacial score (nSPS) is 31.0. The summed E-state index contributed by atoms with van der Waals surface area (Å²) >= 11 is 0. The minimum Gasteiger partial charge on any atom is -0.377 e. The van der Waals surface area contributed by atoms with Gasteiger partial charge in [-0.15, -0.1) is 0 Å². The molecule has 0 radical (unpaired) electrons. The number of likely N-dealkylation sites (N-methyl/N-ethyl adjacent to an activating group) is 1. The third kappa shape index (κ3) is 1.80. The van der Waals surface area contributed by atoms with E-state index in [1.54, 1.807) is 0 Å². The van der Waals surface area contributed by atoms with Gasteiger partial charge >= 0.3 is 0 Å². The highest BCUT2D eigenvalue weighted by Gasteiger charge is 2.25.